The minimum Gasteiger partial charge on any atom is -0.481 e. The predicted molar refractivity (Wildman–Crippen MR) is 72.3 cm³/mol. The maximum Gasteiger partial charge on any atom is 0.308 e. The van der Waals surface area contributed by atoms with E-state index in [1.807, 2.05) is 6.07 Å². The standard InChI is InChI=1S/C14H15N3O3/c18-13(16-11-3-1-2-10(11)14(19)20)8-4-5-9-7-15-17-12(9)6-8/h4-7,10-11H,1-3H2,(H,15,17)(H,16,18)(H,19,20). The summed E-state index contributed by atoms with van der Waals surface area (Å²) in [5.41, 5.74) is 1.30. The third-order valence-electron chi connectivity index (χ3n) is 3.85. The van der Waals surface area contributed by atoms with Crippen LogP contribution in [0.15, 0.2) is 24.4 Å². The number of rotatable bonds is 3. The van der Waals surface area contributed by atoms with Crippen LogP contribution in [0, 0.1) is 5.92 Å². The van der Waals surface area contributed by atoms with Crippen LogP contribution in [0.1, 0.15) is 29.6 Å². The highest BCUT2D eigenvalue weighted by Gasteiger charge is 2.33. The van der Waals surface area contributed by atoms with Crippen LogP contribution >= 0.6 is 0 Å². The Morgan fingerprint density at radius 1 is 1.35 bits per heavy atom. The molecule has 2 atom stereocenters. The molecule has 0 spiro atoms. The van der Waals surface area contributed by atoms with Crippen molar-refractivity contribution in [1.82, 2.24) is 15.5 Å². The fourth-order valence-corrected chi connectivity index (χ4v) is 2.76. The Bertz CT molecular complexity index is 664. The van der Waals surface area contributed by atoms with Crippen molar-refractivity contribution in [3.63, 3.8) is 0 Å². The first-order chi connectivity index (χ1) is 9.65. The highest BCUT2D eigenvalue weighted by atomic mass is 16.4. The first kappa shape index (κ1) is 12.7. The molecule has 2 unspecified atom stereocenters. The normalized spacial score (nSPS) is 22.0. The number of carboxylic acid groups (broad SMARTS) is 1. The molecule has 1 fully saturated rings. The van der Waals surface area contributed by atoms with Crippen molar-refractivity contribution in [2.24, 2.45) is 5.92 Å². The Morgan fingerprint density at radius 3 is 3.00 bits per heavy atom. The Labute approximate surface area is 115 Å². The van der Waals surface area contributed by atoms with Crippen molar-refractivity contribution in [3.8, 4) is 0 Å². The molecular weight excluding hydrogens is 258 g/mol. The summed E-state index contributed by atoms with van der Waals surface area (Å²) in [6.07, 6.45) is 3.87. The quantitative estimate of drug-likeness (QED) is 0.790. The molecular formula is C14H15N3O3. The molecule has 0 saturated heterocycles. The lowest BCUT2D eigenvalue weighted by atomic mass is 10.0. The van der Waals surface area contributed by atoms with Crippen LogP contribution in [0.2, 0.25) is 0 Å². The smallest absolute Gasteiger partial charge is 0.308 e. The van der Waals surface area contributed by atoms with E-state index >= 15 is 0 Å². The van der Waals surface area contributed by atoms with Crippen molar-refractivity contribution in [2.75, 3.05) is 0 Å². The number of nitrogens with one attached hydrogen (secondary N) is 2. The summed E-state index contributed by atoms with van der Waals surface area (Å²) in [6.45, 7) is 0. The van der Waals surface area contributed by atoms with Gasteiger partial charge in [-0.2, -0.15) is 5.10 Å². The van der Waals surface area contributed by atoms with Crippen LogP contribution in [0.25, 0.3) is 10.9 Å². The predicted octanol–water partition coefficient (Wildman–Crippen LogP) is 1.55. The molecule has 1 aliphatic carbocycles. The number of fused-ring (bicyclic) bond motifs is 1. The molecule has 0 bridgehead atoms. The molecule has 0 radical (unpaired) electrons. The number of carbonyl (C=O) groups excluding carboxylic acids is 1. The second kappa shape index (κ2) is 4.96. The molecule has 1 aromatic carbocycles. The van der Waals surface area contributed by atoms with Gasteiger partial charge in [0.05, 0.1) is 17.6 Å². The first-order valence-electron chi connectivity index (χ1n) is 6.62. The zero-order chi connectivity index (χ0) is 14.1. The first-order valence-corrected chi connectivity index (χ1v) is 6.62. The van der Waals surface area contributed by atoms with Gasteiger partial charge < -0.3 is 10.4 Å². The number of hydrogen-bond acceptors (Lipinski definition) is 3. The molecule has 3 N–H and O–H groups in total. The van der Waals surface area contributed by atoms with Gasteiger partial charge in [0, 0.05) is 17.0 Å². The van der Waals surface area contributed by atoms with Crippen molar-refractivity contribution in [1.29, 1.82) is 0 Å². The van der Waals surface area contributed by atoms with Crippen LogP contribution in [0.4, 0.5) is 0 Å². The number of aromatic nitrogens is 2. The second-order valence-corrected chi connectivity index (χ2v) is 5.13. The van der Waals surface area contributed by atoms with Gasteiger partial charge in [0.1, 0.15) is 0 Å². The minimum atomic E-state index is -0.836. The number of carboxylic acids is 1. The number of benzene rings is 1. The van der Waals surface area contributed by atoms with E-state index in [4.69, 9.17) is 5.11 Å². The number of hydrogen-bond donors (Lipinski definition) is 3. The summed E-state index contributed by atoms with van der Waals surface area (Å²) in [6, 6.07) is 4.98. The third-order valence-corrected chi connectivity index (χ3v) is 3.85. The Kier molecular flexibility index (Phi) is 3.14. The van der Waals surface area contributed by atoms with E-state index in [2.05, 4.69) is 15.5 Å². The number of carbonyl (C=O) groups is 2. The topological polar surface area (TPSA) is 95.1 Å². The van der Waals surface area contributed by atoms with E-state index in [1.54, 1.807) is 18.3 Å². The van der Waals surface area contributed by atoms with Gasteiger partial charge in [-0.3, -0.25) is 14.7 Å². The van der Waals surface area contributed by atoms with E-state index in [-0.39, 0.29) is 11.9 Å². The monoisotopic (exact) mass is 273 g/mol. The Hall–Kier alpha value is -2.37. The summed E-state index contributed by atoms with van der Waals surface area (Å²) in [4.78, 5) is 23.3. The zero-order valence-electron chi connectivity index (χ0n) is 10.8. The van der Waals surface area contributed by atoms with E-state index < -0.39 is 11.9 Å². The van der Waals surface area contributed by atoms with Crippen molar-refractivity contribution < 1.29 is 14.7 Å². The van der Waals surface area contributed by atoms with E-state index in [0.717, 1.165) is 23.7 Å². The summed E-state index contributed by atoms with van der Waals surface area (Å²) in [5, 5.41) is 19.6. The van der Waals surface area contributed by atoms with Gasteiger partial charge in [-0.15, -0.1) is 0 Å². The molecule has 1 aliphatic rings. The van der Waals surface area contributed by atoms with Gasteiger partial charge in [0.2, 0.25) is 0 Å². The lowest BCUT2D eigenvalue weighted by Gasteiger charge is -2.17. The number of amides is 1. The summed E-state index contributed by atoms with van der Waals surface area (Å²) < 4.78 is 0. The number of aromatic amines is 1. The summed E-state index contributed by atoms with van der Waals surface area (Å²) >= 11 is 0. The lowest BCUT2D eigenvalue weighted by molar-refractivity contribution is -0.142. The van der Waals surface area contributed by atoms with Gasteiger partial charge in [0.25, 0.3) is 5.91 Å². The molecule has 20 heavy (non-hydrogen) atoms. The fraction of sp³-hybridized carbons (Fsp3) is 0.357. The lowest BCUT2D eigenvalue weighted by Crippen LogP contribution is -2.40. The Morgan fingerprint density at radius 2 is 2.20 bits per heavy atom. The highest BCUT2D eigenvalue weighted by Crippen LogP contribution is 2.26. The Balaban J connectivity index is 1.77. The number of H-pyrrole nitrogens is 1. The van der Waals surface area contributed by atoms with Gasteiger partial charge in [0.15, 0.2) is 0 Å². The fourth-order valence-electron chi connectivity index (χ4n) is 2.76. The molecule has 1 saturated carbocycles. The molecule has 3 rings (SSSR count). The zero-order valence-corrected chi connectivity index (χ0v) is 10.8. The third kappa shape index (κ3) is 2.24. The van der Waals surface area contributed by atoms with Gasteiger partial charge in [-0.05, 0) is 25.0 Å². The molecule has 1 aromatic heterocycles. The van der Waals surface area contributed by atoms with Gasteiger partial charge in [-0.25, -0.2) is 0 Å². The molecule has 1 amide bonds. The van der Waals surface area contributed by atoms with E-state index in [9.17, 15) is 9.59 Å². The summed E-state index contributed by atoms with van der Waals surface area (Å²) in [5.74, 6) is -1.55. The van der Waals surface area contributed by atoms with Crippen molar-refractivity contribution in [3.05, 3.63) is 30.0 Å². The SMILES string of the molecule is O=C(NC1CCCC1C(=O)O)c1ccc2cn[nH]c2c1. The van der Waals surface area contributed by atoms with Gasteiger partial charge >= 0.3 is 5.97 Å². The molecule has 2 aromatic rings. The van der Waals surface area contributed by atoms with Crippen LogP contribution < -0.4 is 5.32 Å². The van der Waals surface area contributed by atoms with E-state index in [0.29, 0.717) is 12.0 Å². The van der Waals surface area contributed by atoms with Crippen LogP contribution in [0.3, 0.4) is 0 Å². The van der Waals surface area contributed by atoms with Crippen molar-refractivity contribution >= 4 is 22.8 Å². The molecule has 0 aliphatic heterocycles. The number of aliphatic carboxylic acids is 1. The molecule has 104 valence electrons. The van der Waals surface area contributed by atoms with Crippen molar-refractivity contribution in [2.45, 2.75) is 25.3 Å². The number of nitrogens with zero attached hydrogens (tertiary/aromatic N) is 1. The maximum absolute atomic E-state index is 12.2. The average Bonchev–Trinajstić information content (AvgIpc) is 3.05. The van der Waals surface area contributed by atoms with Gasteiger partial charge in [-0.1, -0.05) is 12.5 Å². The van der Waals surface area contributed by atoms with Crippen LogP contribution in [0.5, 0.6) is 0 Å². The second-order valence-electron chi connectivity index (χ2n) is 5.13. The largest absolute Gasteiger partial charge is 0.481 e. The maximum atomic E-state index is 12.2. The van der Waals surface area contributed by atoms with Crippen LogP contribution in [-0.4, -0.2) is 33.2 Å². The molecule has 6 heteroatoms. The average molecular weight is 273 g/mol. The summed E-state index contributed by atoms with van der Waals surface area (Å²) in [7, 11) is 0. The minimum absolute atomic E-state index is 0.236. The highest BCUT2D eigenvalue weighted by molar-refractivity contribution is 5.98. The molecule has 1 heterocycles. The van der Waals surface area contributed by atoms with Crippen LogP contribution in [-0.2, 0) is 4.79 Å². The molecule has 6 nitrogen and oxygen atoms in total. The van der Waals surface area contributed by atoms with E-state index in [1.165, 1.54) is 0 Å².